The van der Waals surface area contributed by atoms with Crippen molar-refractivity contribution in [2.45, 2.75) is 12.8 Å². The van der Waals surface area contributed by atoms with Gasteiger partial charge in [0.05, 0.1) is 0 Å². The number of para-hydroxylation sites is 1. The third-order valence-electron chi connectivity index (χ3n) is 5.22. The van der Waals surface area contributed by atoms with E-state index in [2.05, 4.69) is 28.1 Å². The molecule has 0 N–H and O–H groups in total. The summed E-state index contributed by atoms with van der Waals surface area (Å²) in [7, 11) is 0. The van der Waals surface area contributed by atoms with Crippen molar-refractivity contribution in [3.05, 3.63) is 59.4 Å². The van der Waals surface area contributed by atoms with Gasteiger partial charge in [-0.2, -0.15) is 0 Å². The summed E-state index contributed by atoms with van der Waals surface area (Å²) < 4.78 is 6.09. The van der Waals surface area contributed by atoms with Crippen molar-refractivity contribution in [1.29, 1.82) is 0 Å². The first-order valence-electron chi connectivity index (χ1n) is 8.07. The molecule has 0 spiro atoms. The summed E-state index contributed by atoms with van der Waals surface area (Å²) in [6.45, 7) is 3.60. The first-order chi connectivity index (χ1) is 10.9. The summed E-state index contributed by atoms with van der Waals surface area (Å²) in [4.78, 5) is 6.93. The molecule has 110 valence electrons. The maximum absolute atomic E-state index is 6.09. The predicted octanol–water partition coefficient (Wildman–Crippen LogP) is 3.71. The second kappa shape index (κ2) is 4.68. The zero-order valence-electron chi connectivity index (χ0n) is 12.5. The van der Waals surface area contributed by atoms with E-state index in [0.717, 1.165) is 29.5 Å². The number of aromatic nitrogens is 1. The highest BCUT2D eigenvalue weighted by atomic mass is 16.5. The molecular formula is C19H18N2O. The molecule has 4 aliphatic heterocycles. The Morgan fingerprint density at radius 1 is 1.00 bits per heavy atom. The molecular weight excluding hydrogens is 272 g/mol. The van der Waals surface area contributed by atoms with Gasteiger partial charge in [-0.15, -0.1) is 0 Å². The molecule has 4 aliphatic rings. The molecule has 0 atom stereocenters. The standard InChI is InChI=1S/C19H18N2O/c1-2-4-17-14(3-1)19(15-11-20-8-5-18(15)22-17)16-12-21-9-6-13(16)7-10-21/h1-5,8,11,13H,6-7,9-10,12H2/b19-16+. The van der Waals surface area contributed by atoms with Gasteiger partial charge in [-0.05, 0) is 55.1 Å². The quantitative estimate of drug-likeness (QED) is 0.631. The van der Waals surface area contributed by atoms with Gasteiger partial charge in [-0.1, -0.05) is 18.2 Å². The van der Waals surface area contributed by atoms with Gasteiger partial charge in [0.15, 0.2) is 0 Å². The molecule has 3 fully saturated rings. The van der Waals surface area contributed by atoms with E-state index in [1.54, 1.807) is 5.57 Å². The fourth-order valence-electron chi connectivity index (χ4n) is 4.12. The number of pyridine rings is 1. The molecule has 2 bridgehead atoms. The van der Waals surface area contributed by atoms with Crippen molar-refractivity contribution < 1.29 is 4.74 Å². The lowest BCUT2D eigenvalue weighted by atomic mass is 9.77. The van der Waals surface area contributed by atoms with Crippen molar-refractivity contribution in [3.8, 4) is 11.5 Å². The number of piperidine rings is 3. The Hall–Kier alpha value is -2.13. The highest BCUT2D eigenvalue weighted by molar-refractivity contribution is 5.89. The minimum Gasteiger partial charge on any atom is -0.456 e. The topological polar surface area (TPSA) is 25.4 Å². The Bertz CT molecular complexity index is 725. The van der Waals surface area contributed by atoms with Crippen LogP contribution in [0.2, 0.25) is 0 Å². The first kappa shape index (κ1) is 12.4. The van der Waals surface area contributed by atoms with Crippen molar-refractivity contribution in [1.82, 2.24) is 9.88 Å². The van der Waals surface area contributed by atoms with Crippen molar-refractivity contribution in [3.63, 3.8) is 0 Å². The average molecular weight is 290 g/mol. The highest BCUT2D eigenvalue weighted by Gasteiger charge is 2.34. The fraction of sp³-hybridized carbons (Fsp3) is 0.316. The van der Waals surface area contributed by atoms with E-state index in [4.69, 9.17) is 4.74 Å². The molecule has 0 saturated carbocycles. The summed E-state index contributed by atoms with van der Waals surface area (Å²) >= 11 is 0. The van der Waals surface area contributed by atoms with Gasteiger partial charge in [0.2, 0.25) is 0 Å². The van der Waals surface area contributed by atoms with Crippen LogP contribution in [0.4, 0.5) is 0 Å². The number of fused-ring (bicyclic) bond motifs is 5. The summed E-state index contributed by atoms with van der Waals surface area (Å²) in [5, 5.41) is 0. The fourth-order valence-corrected chi connectivity index (χ4v) is 4.12. The highest BCUT2D eigenvalue weighted by Crippen LogP contribution is 2.47. The lowest BCUT2D eigenvalue weighted by Gasteiger charge is -2.43. The van der Waals surface area contributed by atoms with Gasteiger partial charge < -0.3 is 4.74 Å². The molecule has 1 aromatic carbocycles. The van der Waals surface area contributed by atoms with E-state index < -0.39 is 0 Å². The number of ether oxygens (including phenoxy) is 1. The third-order valence-corrected chi connectivity index (χ3v) is 5.22. The molecule has 3 nitrogen and oxygen atoms in total. The van der Waals surface area contributed by atoms with Gasteiger partial charge >= 0.3 is 0 Å². The largest absolute Gasteiger partial charge is 0.456 e. The van der Waals surface area contributed by atoms with Crippen LogP contribution in [0.15, 0.2) is 48.3 Å². The van der Waals surface area contributed by atoms with E-state index in [9.17, 15) is 0 Å². The normalized spacial score (nSPS) is 28.7. The third kappa shape index (κ3) is 1.75. The lowest BCUT2D eigenvalue weighted by Crippen LogP contribution is -2.43. The van der Waals surface area contributed by atoms with E-state index >= 15 is 0 Å². The van der Waals surface area contributed by atoms with Crippen LogP contribution < -0.4 is 4.74 Å². The molecule has 0 aliphatic carbocycles. The molecule has 5 heterocycles. The number of rotatable bonds is 0. The Morgan fingerprint density at radius 2 is 1.82 bits per heavy atom. The van der Waals surface area contributed by atoms with Gasteiger partial charge in [0, 0.05) is 30.1 Å². The van der Waals surface area contributed by atoms with Crippen LogP contribution in [0, 0.1) is 5.92 Å². The number of benzene rings is 1. The second-order valence-electron chi connectivity index (χ2n) is 6.42. The van der Waals surface area contributed by atoms with E-state index in [1.807, 2.05) is 24.5 Å². The van der Waals surface area contributed by atoms with E-state index in [-0.39, 0.29) is 0 Å². The van der Waals surface area contributed by atoms with Crippen molar-refractivity contribution in [2.24, 2.45) is 5.92 Å². The second-order valence-corrected chi connectivity index (χ2v) is 6.42. The molecule has 0 amide bonds. The van der Waals surface area contributed by atoms with Crippen LogP contribution in [-0.2, 0) is 0 Å². The molecule has 22 heavy (non-hydrogen) atoms. The molecule has 3 heteroatoms. The van der Waals surface area contributed by atoms with Crippen LogP contribution in [0.25, 0.3) is 5.57 Å². The van der Waals surface area contributed by atoms with E-state index in [0.29, 0.717) is 0 Å². The Morgan fingerprint density at radius 3 is 2.64 bits per heavy atom. The minimum atomic E-state index is 0.721. The lowest BCUT2D eigenvalue weighted by molar-refractivity contribution is 0.162. The monoisotopic (exact) mass is 290 g/mol. The van der Waals surface area contributed by atoms with Gasteiger partial charge in [-0.3, -0.25) is 9.88 Å². The zero-order valence-corrected chi connectivity index (χ0v) is 12.5. The summed E-state index contributed by atoms with van der Waals surface area (Å²) in [5.74, 6) is 2.63. The number of nitrogens with zero attached hydrogens (tertiary/aromatic N) is 2. The zero-order chi connectivity index (χ0) is 14.5. The first-order valence-corrected chi connectivity index (χ1v) is 8.07. The summed E-state index contributed by atoms with van der Waals surface area (Å²) in [6.07, 6.45) is 6.35. The molecule has 1 aromatic heterocycles. The Kier molecular flexibility index (Phi) is 2.64. The molecule has 0 radical (unpaired) electrons. The molecule has 6 rings (SSSR count). The molecule has 0 unspecified atom stereocenters. The number of hydrogen-bond acceptors (Lipinski definition) is 3. The van der Waals surface area contributed by atoms with Gasteiger partial charge in [0.1, 0.15) is 11.5 Å². The maximum Gasteiger partial charge on any atom is 0.138 e. The minimum absolute atomic E-state index is 0.721. The van der Waals surface area contributed by atoms with E-state index in [1.165, 1.54) is 37.1 Å². The number of hydrogen-bond donors (Lipinski definition) is 0. The predicted molar refractivity (Wildman–Crippen MR) is 85.9 cm³/mol. The van der Waals surface area contributed by atoms with Gasteiger partial charge in [0.25, 0.3) is 0 Å². The van der Waals surface area contributed by atoms with Crippen LogP contribution in [0.1, 0.15) is 24.0 Å². The van der Waals surface area contributed by atoms with Crippen LogP contribution in [0.5, 0.6) is 11.5 Å². The smallest absolute Gasteiger partial charge is 0.138 e. The molecule has 3 saturated heterocycles. The van der Waals surface area contributed by atoms with Crippen LogP contribution >= 0.6 is 0 Å². The molecule has 2 aromatic rings. The summed E-state index contributed by atoms with van der Waals surface area (Å²) in [6, 6.07) is 10.4. The Labute approximate surface area is 130 Å². The maximum atomic E-state index is 6.09. The van der Waals surface area contributed by atoms with Crippen molar-refractivity contribution >= 4 is 5.57 Å². The van der Waals surface area contributed by atoms with Crippen LogP contribution in [0.3, 0.4) is 0 Å². The Balaban J connectivity index is 1.78. The van der Waals surface area contributed by atoms with Gasteiger partial charge in [-0.25, -0.2) is 0 Å². The SMILES string of the molecule is c1ccc2c(c1)Oc1ccncc1/C2=C1\CN2CCC1CC2. The van der Waals surface area contributed by atoms with Crippen molar-refractivity contribution in [2.75, 3.05) is 19.6 Å². The van der Waals surface area contributed by atoms with Crippen LogP contribution in [-0.4, -0.2) is 29.5 Å². The summed E-state index contributed by atoms with van der Waals surface area (Å²) in [5.41, 5.74) is 5.35. The average Bonchev–Trinajstić information content (AvgIpc) is 2.60.